The van der Waals surface area contributed by atoms with Crippen molar-refractivity contribution in [2.24, 2.45) is 34.2 Å². The Morgan fingerprint density at radius 3 is 1.83 bits per heavy atom. The fraction of sp³-hybridized carbons (Fsp3) is 0.448. The van der Waals surface area contributed by atoms with Gasteiger partial charge in [0.15, 0.2) is 5.96 Å². The molecule has 11 nitrogen and oxygen atoms in total. The van der Waals surface area contributed by atoms with Gasteiger partial charge >= 0.3 is 19.2 Å². The van der Waals surface area contributed by atoms with E-state index >= 15 is 17.6 Å². The molecule has 2 aromatic carbocycles. The Hall–Kier alpha value is -4.32. The molecule has 0 radical (unpaired) electrons. The monoisotopic (exact) mass is 672 g/mol. The summed E-state index contributed by atoms with van der Waals surface area (Å²) in [5, 5.41) is 22.0. The first-order chi connectivity index (χ1) is 21.9. The first kappa shape index (κ1) is 37.1. The number of carbonyl (C=O) groups is 3. The lowest BCUT2D eigenvalue weighted by molar-refractivity contribution is -0.179. The number of nitrogens with one attached hydrogen (secondary N) is 1. The Labute approximate surface area is 266 Å². The number of carbonyl (C=O) groups excluding carboxylic acids is 3. The SMILES string of the molecule is CN(C(=O)C1CC(C(=O)NC(CCCN=C(N)N)B(O)O)C(C(=O)N(C)C(F)(F)c2ccccc2F)C1)C(F)(F)c1ccccc1F. The number of nitrogens with two attached hydrogens (primary N) is 2. The molecule has 4 unspecified atom stereocenters. The second-order valence-electron chi connectivity index (χ2n) is 11.2. The van der Waals surface area contributed by atoms with Crippen molar-refractivity contribution in [1.82, 2.24) is 15.1 Å². The van der Waals surface area contributed by atoms with Crippen molar-refractivity contribution in [3.05, 3.63) is 71.3 Å². The number of benzene rings is 2. The van der Waals surface area contributed by atoms with Gasteiger partial charge in [-0.15, -0.1) is 0 Å². The lowest BCUT2D eigenvalue weighted by atomic mass is 9.76. The minimum Gasteiger partial charge on any atom is -0.426 e. The number of hydrogen-bond acceptors (Lipinski definition) is 6. The van der Waals surface area contributed by atoms with Crippen LogP contribution < -0.4 is 16.8 Å². The zero-order valence-corrected chi connectivity index (χ0v) is 25.4. The highest BCUT2D eigenvalue weighted by molar-refractivity contribution is 6.43. The smallest absolute Gasteiger partial charge is 0.426 e. The summed E-state index contributed by atoms with van der Waals surface area (Å²) < 4.78 is 90.0. The number of halogens is 6. The summed E-state index contributed by atoms with van der Waals surface area (Å²) >= 11 is 0. The van der Waals surface area contributed by atoms with Gasteiger partial charge in [0.25, 0.3) is 0 Å². The molecule has 1 aliphatic carbocycles. The van der Waals surface area contributed by atoms with E-state index in [0.29, 0.717) is 14.1 Å². The number of amides is 3. The third-order valence-corrected chi connectivity index (χ3v) is 8.12. The number of alkyl halides is 4. The largest absolute Gasteiger partial charge is 0.475 e. The van der Waals surface area contributed by atoms with Gasteiger partial charge in [0.2, 0.25) is 17.7 Å². The summed E-state index contributed by atoms with van der Waals surface area (Å²) in [6, 6.07) is -0.826. The van der Waals surface area contributed by atoms with Crippen molar-refractivity contribution in [3.63, 3.8) is 0 Å². The van der Waals surface area contributed by atoms with Crippen molar-refractivity contribution in [2.45, 2.75) is 43.7 Å². The van der Waals surface area contributed by atoms with Crippen LogP contribution in [0.2, 0.25) is 0 Å². The van der Waals surface area contributed by atoms with Crippen LogP contribution in [0.25, 0.3) is 0 Å². The fourth-order valence-corrected chi connectivity index (χ4v) is 5.48. The van der Waals surface area contributed by atoms with Crippen LogP contribution in [0.4, 0.5) is 26.3 Å². The molecule has 0 saturated heterocycles. The molecule has 18 heteroatoms. The van der Waals surface area contributed by atoms with Crippen LogP contribution in [0.1, 0.15) is 36.8 Å². The molecular weight excluding hydrogens is 637 g/mol. The zero-order chi connectivity index (χ0) is 35.3. The van der Waals surface area contributed by atoms with Gasteiger partial charge < -0.3 is 26.8 Å². The first-order valence-corrected chi connectivity index (χ1v) is 14.4. The molecule has 2 aromatic rings. The second-order valence-corrected chi connectivity index (χ2v) is 11.2. The van der Waals surface area contributed by atoms with Crippen LogP contribution in [0, 0.1) is 29.4 Å². The maximum Gasteiger partial charge on any atom is 0.475 e. The molecule has 0 aromatic heterocycles. The Bertz CT molecular complexity index is 1480. The summed E-state index contributed by atoms with van der Waals surface area (Å²) in [6.45, 7) is 0.0427. The van der Waals surface area contributed by atoms with Crippen molar-refractivity contribution >= 4 is 30.8 Å². The van der Waals surface area contributed by atoms with Gasteiger partial charge in [-0.2, -0.15) is 17.6 Å². The molecule has 3 rings (SSSR count). The lowest BCUT2D eigenvalue weighted by Gasteiger charge is -2.32. The molecule has 3 amide bonds. The van der Waals surface area contributed by atoms with E-state index in [9.17, 15) is 33.2 Å². The molecule has 1 fully saturated rings. The number of guanidine groups is 1. The molecule has 4 atom stereocenters. The molecule has 1 saturated carbocycles. The van der Waals surface area contributed by atoms with E-state index in [-0.39, 0.29) is 35.1 Å². The van der Waals surface area contributed by atoms with E-state index in [1.165, 1.54) is 0 Å². The van der Waals surface area contributed by atoms with E-state index in [1.54, 1.807) is 0 Å². The molecule has 256 valence electrons. The van der Waals surface area contributed by atoms with E-state index < -0.39 is 96.2 Å². The van der Waals surface area contributed by atoms with Gasteiger partial charge in [-0.3, -0.25) is 29.2 Å². The number of hydrogen-bond donors (Lipinski definition) is 5. The highest BCUT2D eigenvalue weighted by Gasteiger charge is 2.53. The number of rotatable bonds is 13. The Morgan fingerprint density at radius 1 is 0.894 bits per heavy atom. The quantitative estimate of drug-likeness (QED) is 0.0540. The minimum absolute atomic E-state index is 0.0427. The molecule has 0 aliphatic heterocycles. The Morgan fingerprint density at radius 2 is 1.36 bits per heavy atom. The van der Waals surface area contributed by atoms with Crippen LogP contribution in [-0.2, 0) is 26.5 Å². The number of nitrogens with zero attached hydrogens (tertiary/aromatic N) is 3. The van der Waals surface area contributed by atoms with E-state index in [1.807, 2.05) is 0 Å². The number of aliphatic imine (C=N–C) groups is 1. The van der Waals surface area contributed by atoms with Crippen molar-refractivity contribution in [2.75, 3.05) is 20.6 Å². The summed E-state index contributed by atoms with van der Waals surface area (Å²) in [6.07, 6.45) is -1.22. The van der Waals surface area contributed by atoms with Gasteiger partial charge in [0, 0.05) is 26.6 Å². The van der Waals surface area contributed by atoms with Crippen LogP contribution >= 0.6 is 0 Å². The predicted octanol–water partition coefficient (Wildman–Crippen LogP) is 1.87. The average Bonchev–Trinajstić information content (AvgIpc) is 3.46. The summed E-state index contributed by atoms with van der Waals surface area (Å²) in [4.78, 5) is 44.0. The van der Waals surface area contributed by atoms with Gasteiger partial charge in [-0.05, 0) is 49.9 Å². The standard InChI is InChI=1S/C29H35BF6N6O5/c1-41(28(33,34)19-8-3-5-10-21(19)31)25(44)16-14-17(24(43)40-23(30(46)47)12-7-13-39-27(37)38)18(15-16)26(45)42(2)29(35,36)20-9-4-6-11-22(20)32/h3-6,8-11,16-18,23,46-47H,7,12-15H2,1-2H3,(H,40,43)(H4,37,38,39). The van der Waals surface area contributed by atoms with E-state index in [4.69, 9.17) is 11.5 Å². The average molecular weight is 672 g/mol. The summed E-state index contributed by atoms with van der Waals surface area (Å²) in [5.74, 6) is -12.9. The van der Waals surface area contributed by atoms with Crippen LogP contribution in [-0.4, -0.2) is 77.2 Å². The first-order valence-electron chi connectivity index (χ1n) is 14.4. The molecule has 0 bridgehead atoms. The molecule has 0 heterocycles. The summed E-state index contributed by atoms with van der Waals surface area (Å²) in [7, 11) is -0.794. The fourth-order valence-electron chi connectivity index (χ4n) is 5.48. The maximum absolute atomic E-state index is 15.4. The van der Waals surface area contributed by atoms with Crippen molar-refractivity contribution in [3.8, 4) is 0 Å². The molecule has 47 heavy (non-hydrogen) atoms. The maximum atomic E-state index is 15.4. The lowest BCUT2D eigenvalue weighted by Crippen LogP contribution is -2.51. The highest BCUT2D eigenvalue weighted by Crippen LogP contribution is 2.44. The second kappa shape index (κ2) is 15.1. The predicted molar refractivity (Wildman–Crippen MR) is 158 cm³/mol. The molecule has 1 aliphatic rings. The Kier molecular flexibility index (Phi) is 11.9. The summed E-state index contributed by atoms with van der Waals surface area (Å²) in [5.41, 5.74) is 8.23. The highest BCUT2D eigenvalue weighted by atomic mass is 19.3. The van der Waals surface area contributed by atoms with Gasteiger partial charge in [-0.1, -0.05) is 24.3 Å². The third kappa shape index (κ3) is 8.35. The van der Waals surface area contributed by atoms with Crippen molar-refractivity contribution in [1.29, 1.82) is 0 Å². The zero-order valence-electron chi connectivity index (χ0n) is 25.4. The molecule has 7 N–H and O–H groups in total. The Balaban J connectivity index is 1.93. The third-order valence-electron chi connectivity index (χ3n) is 8.12. The van der Waals surface area contributed by atoms with E-state index in [0.717, 1.165) is 48.5 Å². The van der Waals surface area contributed by atoms with Gasteiger partial charge in [0.05, 0.1) is 28.9 Å². The topological polar surface area (TPSA) is 175 Å². The van der Waals surface area contributed by atoms with Crippen LogP contribution in [0.3, 0.4) is 0 Å². The minimum atomic E-state index is -4.24. The van der Waals surface area contributed by atoms with Crippen LogP contribution in [0.15, 0.2) is 53.5 Å². The van der Waals surface area contributed by atoms with Gasteiger partial charge in [0.1, 0.15) is 11.6 Å². The molecule has 0 spiro atoms. The van der Waals surface area contributed by atoms with Crippen LogP contribution in [0.5, 0.6) is 0 Å². The molecular formula is C29H35BF6N6O5. The van der Waals surface area contributed by atoms with Gasteiger partial charge in [-0.25, -0.2) is 8.78 Å². The normalized spacial score (nSPS) is 18.6. The van der Waals surface area contributed by atoms with E-state index in [2.05, 4.69) is 10.3 Å². The van der Waals surface area contributed by atoms with Crippen molar-refractivity contribution < 1.29 is 50.8 Å².